The molecule has 0 aliphatic carbocycles. The fourth-order valence-electron chi connectivity index (χ4n) is 4.13. The average molecular weight is 527 g/mol. The van der Waals surface area contributed by atoms with Gasteiger partial charge in [-0.25, -0.2) is 0 Å². The Bertz CT molecular complexity index is 1370. The summed E-state index contributed by atoms with van der Waals surface area (Å²) in [6.45, 7) is 6.34. The number of aliphatic hydroxyl groups is 1. The first-order valence-electron chi connectivity index (χ1n) is 11.8. The molecule has 7 nitrogen and oxygen atoms in total. The van der Waals surface area contributed by atoms with E-state index < -0.39 is 35.6 Å². The van der Waals surface area contributed by atoms with Crippen LogP contribution < -0.4 is 14.4 Å². The van der Waals surface area contributed by atoms with E-state index in [4.69, 9.17) is 4.74 Å². The summed E-state index contributed by atoms with van der Waals surface area (Å²) in [5, 5.41) is 11.3. The lowest BCUT2D eigenvalue weighted by Gasteiger charge is -2.25. The van der Waals surface area contributed by atoms with Crippen molar-refractivity contribution in [1.29, 1.82) is 0 Å². The smallest absolute Gasteiger partial charge is 0.507 e. The van der Waals surface area contributed by atoms with Gasteiger partial charge in [0.15, 0.2) is 0 Å². The van der Waals surface area contributed by atoms with Crippen molar-refractivity contribution >= 4 is 23.1 Å². The molecular formula is C28H25F3N2O5. The van der Waals surface area contributed by atoms with E-state index in [0.29, 0.717) is 29.4 Å². The van der Waals surface area contributed by atoms with Gasteiger partial charge in [0.25, 0.3) is 11.7 Å². The van der Waals surface area contributed by atoms with Gasteiger partial charge in [-0.2, -0.15) is 0 Å². The summed E-state index contributed by atoms with van der Waals surface area (Å²) in [7, 11) is 0. The van der Waals surface area contributed by atoms with E-state index in [1.54, 1.807) is 37.3 Å². The Morgan fingerprint density at radius 1 is 1.11 bits per heavy atom. The summed E-state index contributed by atoms with van der Waals surface area (Å²) in [4.78, 5) is 31.6. The SMILES string of the molecule is Cc1cc(/C(O)=C2/C(=O)C(=O)N(c3ccc(OC(F)(F)F)cc3)C2c2cccnc2)ccc1OCC(C)C. The highest BCUT2D eigenvalue weighted by Gasteiger charge is 2.47. The number of carbonyl (C=O) groups excluding carboxylic acids is 2. The number of nitrogens with zero attached hydrogens (tertiary/aromatic N) is 2. The zero-order chi connectivity index (χ0) is 27.6. The van der Waals surface area contributed by atoms with Crippen molar-refractivity contribution in [3.63, 3.8) is 0 Å². The van der Waals surface area contributed by atoms with E-state index in [2.05, 4.69) is 9.72 Å². The van der Waals surface area contributed by atoms with Crippen LogP contribution in [0.2, 0.25) is 0 Å². The number of aryl methyl sites for hydroxylation is 1. The van der Waals surface area contributed by atoms with Crippen molar-refractivity contribution in [1.82, 2.24) is 4.98 Å². The number of aromatic nitrogens is 1. The van der Waals surface area contributed by atoms with Crippen molar-refractivity contribution in [3.05, 3.63) is 89.3 Å². The van der Waals surface area contributed by atoms with E-state index >= 15 is 0 Å². The molecule has 0 saturated carbocycles. The molecule has 10 heteroatoms. The van der Waals surface area contributed by atoms with Gasteiger partial charge in [-0.05, 0) is 72.5 Å². The quantitative estimate of drug-likeness (QED) is 0.233. The van der Waals surface area contributed by atoms with Crippen LogP contribution in [0.5, 0.6) is 11.5 Å². The number of amides is 1. The molecular weight excluding hydrogens is 501 g/mol. The number of alkyl halides is 3. The second-order valence-corrected chi connectivity index (χ2v) is 9.18. The lowest BCUT2D eigenvalue weighted by atomic mass is 9.95. The molecule has 1 atom stereocenters. The second kappa shape index (κ2) is 10.6. The molecule has 1 saturated heterocycles. The maximum atomic E-state index is 13.2. The van der Waals surface area contributed by atoms with Gasteiger partial charge in [-0.1, -0.05) is 19.9 Å². The molecule has 2 aromatic carbocycles. The fraction of sp³-hybridized carbons (Fsp3) is 0.250. The van der Waals surface area contributed by atoms with Crippen molar-refractivity contribution in [2.45, 2.75) is 33.2 Å². The minimum atomic E-state index is -4.88. The van der Waals surface area contributed by atoms with E-state index in [-0.39, 0.29) is 11.3 Å². The highest BCUT2D eigenvalue weighted by molar-refractivity contribution is 6.51. The Hall–Kier alpha value is -4.34. The van der Waals surface area contributed by atoms with Gasteiger partial charge in [0, 0.05) is 23.6 Å². The van der Waals surface area contributed by atoms with Crippen LogP contribution in [0.15, 0.2) is 72.6 Å². The fourth-order valence-corrected chi connectivity index (χ4v) is 4.13. The van der Waals surface area contributed by atoms with E-state index in [1.807, 2.05) is 13.8 Å². The van der Waals surface area contributed by atoms with E-state index in [0.717, 1.165) is 22.6 Å². The number of pyridine rings is 1. The van der Waals surface area contributed by atoms with Crippen LogP contribution in [0.3, 0.4) is 0 Å². The van der Waals surface area contributed by atoms with E-state index in [9.17, 15) is 27.9 Å². The molecule has 1 fully saturated rings. The molecule has 0 spiro atoms. The third kappa shape index (κ3) is 5.64. The van der Waals surface area contributed by atoms with Gasteiger partial charge in [0.2, 0.25) is 0 Å². The summed E-state index contributed by atoms with van der Waals surface area (Å²) in [5.74, 6) is -1.82. The molecule has 1 aliphatic rings. The summed E-state index contributed by atoms with van der Waals surface area (Å²) in [6.07, 6.45) is -1.92. The number of hydrogen-bond acceptors (Lipinski definition) is 6. The Morgan fingerprint density at radius 2 is 1.82 bits per heavy atom. The van der Waals surface area contributed by atoms with Gasteiger partial charge < -0.3 is 14.6 Å². The second-order valence-electron chi connectivity index (χ2n) is 9.18. The summed E-state index contributed by atoms with van der Waals surface area (Å²) in [5.41, 5.74) is 1.43. The van der Waals surface area contributed by atoms with Crippen molar-refractivity contribution in [2.75, 3.05) is 11.5 Å². The molecule has 198 valence electrons. The van der Waals surface area contributed by atoms with Crippen molar-refractivity contribution in [2.24, 2.45) is 5.92 Å². The predicted octanol–water partition coefficient (Wildman–Crippen LogP) is 5.95. The summed E-state index contributed by atoms with van der Waals surface area (Å²) in [6, 6.07) is 11.7. The minimum absolute atomic E-state index is 0.142. The number of ether oxygens (including phenoxy) is 2. The van der Waals surface area contributed by atoms with Crippen LogP contribution in [0, 0.1) is 12.8 Å². The molecule has 3 aromatic rings. The van der Waals surface area contributed by atoms with Gasteiger partial charge >= 0.3 is 6.36 Å². The molecule has 1 N–H and O–H groups in total. The average Bonchev–Trinajstić information content (AvgIpc) is 3.13. The van der Waals surface area contributed by atoms with Gasteiger partial charge in [0.05, 0.1) is 18.2 Å². The Labute approximate surface area is 217 Å². The molecule has 4 rings (SSSR count). The topological polar surface area (TPSA) is 89.0 Å². The number of rotatable bonds is 7. The predicted molar refractivity (Wildman–Crippen MR) is 134 cm³/mol. The highest BCUT2D eigenvalue weighted by atomic mass is 19.4. The van der Waals surface area contributed by atoms with Crippen LogP contribution in [-0.4, -0.2) is 34.8 Å². The molecule has 38 heavy (non-hydrogen) atoms. The first-order valence-corrected chi connectivity index (χ1v) is 11.8. The van der Waals surface area contributed by atoms with Gasteiger partial charge in [0.1, 0.15) is 17.3 Å². The molecule has 1 unspecified atom stereocenters. The van der Waals surface area contributed by atoms with Crippen LogP contribution >= 0.6 is 0 Å². The number of Topliss-reactive ketones (excluding diaryl/α,β-unsaturated/α-hetero) is 1. The number of halogens is 3. The van der Waals surface area contributed by atoms with Crippen molar-refractivity contribution in [3.8, 4) is 11.5 Å². The number of anilines is 1. The van der Waals surface area contributed by atoms with Crippen LogP contribution in [0.4, 0.5) is 18.9 Å². The Kier molecular flexibility index (Phi) is 7.43. The number of hydrogen-bond donors (Lipinski definition) is 1. The summed E-state index contributed by atoms with van der Waals surface area (Å²) >= 11 is 0. The maximum absolute atomic E-state index is 13.2. The Balaban J connectivity index is 1.78. The zero-order valence-corrected chi connectivity index (χ0v) is 20.8. The normalized spacial score (nSPS) is 17.2. The maximum Gasteiger partial charge on any atom is 0.573 e. The van der Waals surface area contributed by atoms with Crippen LogP contribution in [-0.2, 0) is 9.59 Å². The molecule has 2 heterocycles. The molecule has 1 amide bonds. The highest BCUT2D eigenvalue weighted by Crippen LogP contribution is 2.42. The molecule has 0 bridgehead atoms. The number of ketones is 1. The zero-order valence-electron chi connectivity index (χ0n) is 20.8. The monoisotopic (exact) mass is 526 g/mol. The van der Waals surface area contributed by atoms with Gasteiger partial charge in [-0.15, -0.1) is 13.2 Å². The van der Waals surface area contributed by atoms with Crippen molar-refractivity contribution < 1.29 is 37.3 Å². The largest absolute Gasteiger partial charge is 0.573 e. The standard InChI is InChI=1S/C28H25F3N2O5/c1-16(2)15-37-22-11-6-18(13-17(22)3)25(34)23-24(19-5-4-12-32-14-19)33(27(36)26(23)35)20-7-9-21(10-8-20)38-28(29,30)31/h4-14,16,24,34H,15H2,1-3H3/b25-23-. The number of carbonyl (C=O) groups is 2. The van der Waals surface area contributed by atoms with Crippen LogP contribution in [0.25, 0.3) is 5.76 Å². The van der Waals surface area contributed by atoms with Crippen LogP contribution in [0.1, 0.15) is 36.6 Å². The number of benzene rings is 2. The molecule has 1 aromatic heterocycles. The van der Waals surface area contributed by atoms with E-state index in [1.165, 1.54) is 24.5 Å². The minimum Gasteiger partial charge on any atom is -0.507 e. The lowest BCUT2D eigenvalue weighted by molar-refractivity contribution is -0.274. The first-order chi connectivity index (χ1) is 18.0. The third-order valence-electron chi connectivity index (χ3n) is 5.81. The Morgan fingerprint density at radius 3 is 2.39 bits per heavy atom. The lowest BCUT2D eigenvalue weighted by Crippen LogP contribution is -2.29. The molecule has 0 radical (unpaired) electrons. The van der Waals surface area contributed by atoms with Gasteiger partial charge in [-0.3, -0.25) is 19.5 Å². The summed E-state index contributed by atoms with van der Waals surface area (Å²) < 4.78 is 47.5. The third-order valence-corrected chi connectivity index (χ3v) is 5.81. The number of aliphatic hydroxyl groups excluding tert-OH is 1. The first kappa shape index (κ1) is 26.7. The molecule has 1 aliphatic heterocycles.